The van der Waals surface area contributed by atoms with Gasteiger partial charge in [-0.3, -0.25) is 0 Å². The lowest BCUT2D eigenvalue weighted by Crippen LogP contribution is -2.09. The molecule has 0 heterocycles. The lowest BCUT2D eigenvalue weighted by atomic mass is 10.2. The number of nitrogens with zero attached hydrogens (tertiary/aromatic N) is 1. The summed E-state index contributed by atoms with van der Waals surface area (Å²) in [7, 11) is 0. The average Bonchev–Trinajstić information content (AvgIpc) is 2.19. The molecule has 0 N–H and O–H groups in total. The van der Waals surface area contributed by atoms with Gasteiger partial charge in [-0.1, -0.05) is 13.0 Å². The van der Waals surface area contributed by atoms with E-state index in [4.69, 9.17) is 4.74 Å². The van der Waals surface area contributed by atoms with Crippen molar-refractivity contribution in [3.63, 3.8) is 0 Å². The molecule has 0 saturated heterocycles. The molecule has 0 aromatic heterocycles. The molecule has 0 rings (SSSR count). The van der Waals surface area contributed by atoms with Crippen molar-refractivity contribution >= 4 is 12.0 Å². The number of carbonyl (C=O) groups excluding carboxylic acids is 2. The first-order valence-corrected chi connectivity index (χ1v) is 4.62. The van der Waals surface area contributed by atoms with Crippen molar-refractivity contribution in [2.45, 2.75) is 26.7 Å². The predicted molar refractivity (Wildman–Crippen MR) is 52.6 cm³/mol. The van der Waals surface area contributed by atoms with Crippen LogP contribution in [0.5, 0.6) is 0 Å². The fourth-order valence-corrected chi connectivity index (χ4v) is 0.913. The summed E-state index contributed by atoms with van der Waals surface area (Å²) in [6, 6.07) is 0. The zero-order valence-corrected chi connectivity index (χ0v) is 8.58. The van der Waals surface area contributed by atoms with E-state index in [9.17, 15) is 9.59 Å². The predicted octanol–water partition coefficient (Wildman–Crippen LogP) is 1.61. The van der Waals surface area contributed by atoms with Crippen molar-refractivity contribution in [3.05, 3.63) is 11.6 Å². The summed E-state index contributed by atoms with van der Waals surface area (Å²) in [5.41, 5.74) is 0.670. The molecule has 0 bridgehead atoms. The van der Waals surface area contributed by atoms with Crippen molar-refractivity contribution in [3.8, 4) is 0 Å². The van der Waals surface area contributed by atoms with Gasteiger partial charge >= 0.3 is 5.97 Å². The summed E-state index contributed by atoms with van der Waals surface area (Å²) in [5, 5.41) is 0. The minimum absolute atomic E-state index is 0.287. The van der Waals surface area contributed by atoms with Crippen molar-refractivity contribution in [1.82, 2.24) is 0 Å². The topological polar surface area (TPSA) is 55.7 Å². The van der Waals surface area contributed by atoms with Crippen LogP contribution < -0.4 is 0 Å². The Bertz CT molecular complexity index is 252. The first-order chi connectivity index (χ1) is 6.76. The monoisotopic (exact) mass is 197 g/mol. The molecule has 0 aliphatic rings. The second kappa shape index (κ2) is 8.20. The van der Waals surface area contributed by atoms with E-state index < -0.39 is 0 Å². The van der Waals surface area contributed by atoms with Crippen LogP contribution in [0.15, 0.2) is 16.6 Å². The van der Waals surface area contributed by atoms with Crippen LogP contribution >= 0.6 is 0 Å². The van der Waals surface area contributed by atoms with Gasteiger partial charge in [0.15, 0.2) is 0 Å². The number of carbonyl (C=O) groups is 1. The third-order valence-corrected chi connectivity index (χ3v) is 1.70. The smallest absolute Gasteiger partial charge is 0.333 e. The standard InChI is InChI=1S/C10H15NO3/c1-3-9(4-2)10(13)14-7-5-6-11-8-12/h3H,4-7H2,1-2H3/b9-3+. The highest BCUT2D eigenvalue weighted by molar-refractivity contribution is 5.88. The van der Waals surface area contributed by atoms with Gasteiger partial charge < -0.3 is 4.74 Å². The number of allylic oxidation sites excluding steroid dienone is 1. The Balaban J connectivity index is 3.68. The number of esters is 1. The molecule has 0 unspecified atom stereocenters. The van der Waals surface area contributed by atoms with Gasteiger partial charge in [0.05, 0.1) is 13.2 Å². The fourth-order valence-electron chi connectivity index (χ4n) is 0.913. The molecule has 0 atom stereocenters. The van der Waals surface area contributed by atoms with Crippen molar-refractivity contribution in [2.24, 2.45) is 4.99 Å². The van der Waals surface area contributed by atoms with Gasteiger partial charge in [-0.15, -0.1) is 0 Å². The molecule has 0 aliphatic carbocycles. The number of isocyanates is 1. The molecule has 0 spiro atoms. The molecule has 0 fully saturated rings. The summed E-state index contributed by atoms with van der Waals surface area (Å²) in [5.74, 6) is -0.287. The molecular formula is C10H15NO3. The minimum Gasteiger partial charge on any atom is -0.462 e. The van der Waals surface area contributed by atoms with Crippen molar-refractivity contribution in [2.75, 3.05) is 13.2 Å². The molecule has 0 saturated carbocycles. The van der Waals surface area contributed by atoms with E-state index in [1.807, 2.05) is 6.92 Å². The van der Waals surface area contributed by atoms with Crippen LogP contribution in [0.1, 0.15) is 26.7 Å². The van der Waals surface area contributed by atoms with Gasteiger partial charge in [0.1, 0.15) is 0 Å². The molecule has 4 nitrogen and oxygen atoms in total. The van der Waals surface area contributed by atoms with Crippen LogP contribution in [0.3, 0.4) is 0 Å². The molecule has 0 aliphatic heterocycles. The quantitative estimate of drug-likeness (QED) is 0.214. The van der Waals surface area contributed by atoms with E-state index in [1.165, 1.54) is 6.08 Å². The Labute approximate surface area is 83.7 Å². The summed E-state index contributed by atoms with van der Waals surface area (Å²) in [6.07, 6.45) is 4.39. The number of hydrogen-bond donors (Lipinski definition) is 0. The molecule has 0 radical (unpaired) electrons. The fraction of sp³-hybridized carbons (Fsp3) is 0.600. The third-order valence-electron chi connectivity index (χ3n) is 1.70. The second-order valence-electron chi connectivity index (χ2n) is 2.63. The Morgan fingerprint density at radius 1 is 1.57 bits per heavy atom. The van der Waals surface area contributed by atoms with E-state index in [2.05, 4.69) is 4.99 Å². The van der Waals surface area contributed by atoms with Crippen LogP contribution in [-0.4, -0.2) is 25.2 Å². The maximum atomic E-state index is 11.2. The van der Waals surface area contributed by atoms with Gasteiger partial charge in [0.25, 0.3) is 0 Å². The highest BCUT2D eigenvalue weighted by Crippen LogP contribution is 2.03. The first kappa shape index (κ1) is 12.6. The Kier molecular flexibility index (Phi) is 7.37. The second-order valence-corrected chi connectivity index (χ2v) is 2.63. The molecule has 0 amide bonds. The van der Waals surface area contributed by atoms with E-state index >= 15 is 0 Å². The molecule has 78 valence electrons. The largest absolute Gasteiger partial charge is 0.462 e. The van der Waals surface area contributed by atoms with Crippen LogP contribution in [0, 0.1) is 0 Å². The van der Waals surface area contributed by atoms with E-state index in [1.54, 1.807) is 13.0 Å². The molecule has 0 aromatic carbocycles. The summed E-state index contributed by atoms with van der Waals surface area (Å²) in [4.78, 5) is 24.3. The Morgan fingerprint density at radius 2 is 2.29 bits per heavy atom. The zero-order chi connectivity index (χ0) is 10.8. The lowest BCUT2D eigenvalue weighted by Gasteiger charge is -2.04. The maximum absolute atomic E-state index is 11.2. The SMILES string of the molecule is C/C=C(\CC)C(=O)OCCCN=C=O. The van der Waals surface area contributed by atoms with Gasteiger partial charge in [0.2, 0.25) is 6.08 Å². The number of ether oxygens (including phenoxy) is 1. The minimum atomic E-state index is -0.287. The molecular weight excluding hydrogens is 182 g/mol. The number of hydrogen-bond acceptors (Lipinski definition) is 4. The highest BCUT2D eigenvalue weighted by atomic mass is 16.5. The van der Waals surface area contributed by atoms with Crippen molar-refractivity contribution in [1.29, 1.82) is 0 Å². The van der Waals surface area contributed by atoms with E-state index in [-0.39, 0.29) is 5.97 Å². The van der Waals surface area contributed by atoms with Gasteiger partial charge in [-0.05, 0) is 13.3 Å². The van der Waals surface area contributed by atoms with Crippen LogP contribution in [0.4, 0.5) is 0 Å². The van der Waals surface area contributed by atoms with Crippen LogP contribution in [0.2, 0.25) is 0 Å². The normalized spacial score (nSPS) is 10.6. The molecule has 0 aromatic rings. The third kappa shape index (κ3) is 5.27. The van der Waals surface area contributed by atoms with Crippen LogP contribution in [0.25, 0.3) is 0 Å². The number of aliphatic imine (C=N–C) groups is 1. The summed E-state index contributed by atoms with van der Waals surface area (Å²) < 4.78 is 4.94. The van der Waals surface area contributed by atoms with Gasteiger partial charge in [0, 0.05) is 12.0 Å². The van der Waals surface area contributed by atoms with Crippen LogP contribution in [-0.2, 0) is 14.3 Å². The van der Waals surface area contributed by atoms with Gasteiger partial charge in [-0.25, -0.2) is 14.6 Å². The molecule has 14 heavy (non-hydrogen) atoms. The Hall–Kier alpha value is -1.41. The van der Waals surface area contributed by atoms with Gasteiger partial charge in [-0.2, -0.15) is 0 Å². The summed E-state index contributed by atoms with van der Waals surface area (Å²) >= 11 is 0. The highest BCUT2D eigenvalue weighted by Gasteiger charge is 2.06. The Morgan fingerprint density at radius 3 is 2.79 bits per heavy atom. The first-order valence-electron chi connectivity index (χ1n) is 4.62. The lowest BCUT2D eigenvalue weighted by molar-refractivity contribution is -0.139. The maximum Gasteiger partial charge on any atom is 0.333 e. The van der Waals surface area contributed by atoms with E-state index in [0.29, 0.717) is 31.6 Å². The molecule has 4 heteroatoms. The van der Waals surface area contributed by atoms with Crippen molar-refractivity contribution < 1.29 is 14.3 Å². The summed E-state index contributed by atoms with van der Waals surface area (Å²) in [6.45, 7) is 4.35. The number of rotatable bonds is 6. The average molecular weight is 197 g/mol. The van der Waals surface area contributed by atoms with E-state index in [0.717, 1.165) is 0 Å². The zero-order valence-electron chi connectivity index (χ0n) is 8.58.